The fourth-order valence-corrected chi connectivity index (χ4v) is 14.1. The van der Waals surface area contributed by atoms with Crippen LogP contribution >= 0.6 is 0 Å². The van der Waals surface area contributed by atoms with Crippen molar-refractivity contribution in [3.05, 3.63) is 207 Å². The maximum absolute atomic E-state index is 7.07. The Kier molecular flexibility index (Phi) is 8.36. The van der Waals surface area contributed by atoms with E-state index in [9.17, 15) is 0 Å². The Balaban J connectivity index is 1.00. The summed E-state index contributed by atoms with van der Waals surface area (Å²) in [5.41, 5.74) is 31.0. The Labute approximate surface area is 416 Å². The van der Waals surface area contributed by atoms with Crippen LogP contribution in [0.3, 0.4) is 0 Å². The number of anilines is 3. The molecule has 2 heterocycles. The van der Waals surface area contributed by atoms with Gasteiger partial charge in [0, 0.05) is 60.3 Å². The first-order valence-electron chi connectivity index (χ1n) is 25.4. The van der Waals surface area contributed by atoms with Crippen LogP contribution < -0.4 is 4.90 Å². The minimum absolute atomic E-state index is 0.213. The summed E-state index contributed by atoms with van der Waals surface area (Å²) >= 11 is 0. The molecule has 0 spiro atoms. The highest BCUT2D eigenvalue weighted by Crippen LogP contribution is 2.64. The fourth-order valence-electron chi connectivity index (χ4n) is 14.1. The van der Waals surface area contributed by atoms with Crippen LogP contribution in [0.4, 0.5) is 17.1 Å². The van der Waals surface area contributed by atoms with Crippen LogP contribution in [0.25, 0.3) is 88.4 Å². The fraction of sp³-hybridized carbons (Fsp3) is 0.206. The van der Waals surface area contributed by atoms with Crippen molar-refractivity contribution in [1.29, 1.82) is 0 Å². The summed E-state index contributed by atoms with van der Waals surface area (Å²) in [7, 11) is 0. The van der Waals surface area contributed by atoms with Gasteiger partial charge in [0.05, 0.1) is 5.69 Å². The third kappa shape index (κ3) is 5.44. The van der Waals surface area contributed by atoms with Gasteiger partial charge in [-0.3, -0.25) is 0 Å². The summed E-state index contributed by atoms with van der Waals surface area (Å²) in [6.07, 6.45) is 0. The van der Waals surface area contributed by atoms with Crippen molar-refractivity contribution in [2.24, 2.45) is 0 Å². The van der Waals surface area contributed by atoms with Crippen LogP contribution in [0.2, 0.25) is 0 Å². The van der Waals surface area contributed by atoms with Crippen LogP contribution in [0, 0.1) is 34.6 Å². The van der Waals surface area contributed by atoms with E-state index in [-0.39, 0.29) is 16.2 Å². The number of furan rings is 2. The third-order valence-corrected chi connectivity index (χ3v) is 17.2. The van der Waals surface area contributed by atoms with Crippen molar-refractivity contribution in [2.75, 3.05) is 4.90 Å². The predicted octanol–water partition coefficient (Wildman–Crippen LogP) is 19.1. The molecule has 14 rings (SSSR count). The highest BCUT2D eigenvalue weighted by Gasteiger charge is 2.49. The van der Waals surface area contributed by atoms with Gasteiger partial charge in [0.25, 0.3) is 0 Å². The molecular formula is C68H57NO2. The molecule has 0 atom stereocenters. The Morgan fingerprint density at radius 2 is 0.873 bits per heavy atom. The molecule has 3 aliphatic carbocycles. The minimum Gasteiger partial charge on any atom is -0.455 e. The normalized spacial score (nSPS) is 15.3. The Hall–Kier alpha value is -7.62. The standard InChI is InChI=1S/C68H57NO2/c1-36-24-27-43(38(3)30-36)49-35-53-56(58-47-19-13-16-22-54(47)70-64(49)58)45-28-25-41(33-51(45)66(53,6)7)69(63-39(4)31-37(2)32-40(63)5)42-26-29-46-52(34-42)68(10,11)62-60(46)65-59(48-20-14-17-23-55(48)71-65)57-44-18-12-15-21-50(44)67(8,9)61(57)62/h12-35H,1-11H3. The van der Waals surface area contributed by atoms with Gasteiger partial charge in [-0.05, 0) is 161 Å². The summed E-state index contributed by atoms with van der Waals surface area (Å²) in [5.74, 6) is 0. The SMILES string of the molecule is Cc1ccc(-c2cc3c(c4c2oc2ccccc24)-c2ccc(N(c4ccc5c(c4)C(C)(C)c4c6c(c7c(oc8ccccc87)c4-5)-c4ccccc4C6(C)C)c4c(C)cc(C)cc4C)cc2C3(C)C)c(C)c1. The van der Waals surface area contributed by atoms with E-state index in [0.717, 1.165) is 44.7 Å². The third-order valence-electron chi connectivity index (χ3n) is 17.2. The molecule has 0 unspecified atom stereocenters. The number of para-hydroxylation sites is 2. The molecule has 3 heteroatoms. The van der Waals surface area contributed by atoms with Crippen LogP contribution in [-0.4, -0.2) is 0 Å². The van der Waals surface area contributed by atoms with E-state index in [1.807, 2.05) is 0 Å². The van der Waals surface area contributed by atoms with Gasteiger partial charge in [0.1, 0.15) is 22.3 Å². The van der Waals surface area contributed by atoms with Gasteiger partial charge < -0.3 is 13.7 Å². The van der Waals surface area contributed by atoms with Crippen LogP contribution in [0.1, 0.15) is 103 Å². The first-order chi connectivity index (χ1) is 34.0. The van der Waals surface area contributed by atoms with Crippen molar-refractivity contribution in [3.8, 4) is 44.5 Å². The molecule has 9 aromatic carbocycles. The van der Waals surface area contributed by atoms with E-state index in [0.29, 0.717) is 0 Å². The molecule has 3 nitrogen and oxygen atoms in total. The van der Waals surface area contributed by atoms with Gasteiger partial charge in [-0.15, -0.1) is 0 Å². The van der Waals surface area contributed by atoms with Crippen molar-refractivity contribution in [3.63, 3.8) is 0 Å². The van der Waals surface area contributed by atoms with E-state index in [1.165, 1.54) is 122 Å². The second-order valence-electron chi connectivity index (χ2n) is 22.7. The van der Waals surface area contributed by atoms with Gasteiger partial charge in [-0.1, -0.05) is 156 Å². The average molecular weight is 920 g/mol. The number of fused-ring (bicyclic) bond motifs is 19. The topological polar surface area (TPSA) is 29.5 Å². The molecule has 11 aromatic rings. The van der Waals surface area contributed by atoms with Crippen molar-refractivity contribution in [1.82, 2.24) is 0 Å². The van der Waals surface area contributed by atoms with E-state index in [4.69, 9.17) is 8.83 Å². The predicted molar refractivity (Wildman–Crippen MR) is 297 cm³/mol. The zero-order valence-electron chi connectivity index (χ0n) is 42.6. The lowest BCUT2D eigenvalue weighted by Crippen LogP contribution is -2.24. The molecule has 3 aliphatic rings. The summed E-state index contributed by atoms with van der Waals surface area (Å²) in [4.78, 5) is 2.55. The van der Waals surface area contributed by atoms with Gasteiger partial charge in [-0.2, -0.15) is 0 Å². The average Bonchev–Trinajstić information content (AvgIpc) is 4.09. The number of rotatable bonds is 4. The van der Waals surface area contributed by atoms with Crippen molar-refractivity contribution in [2.45, 2.75) is 92.4 Å². The molecule has 346 valence electrons. The second kappa shape index (κ2) is 14.0. The maximum Gasteiger partial charge on any atom is 0.144 e. The minimum atomic E-state index is -0.339. The van der Waals surface area contributed by atoms with Crippen LogP contribution in [-0.2, 0) is 16.2 Å². The number of nitrogens with zero attached hydrogens (tertiary/aromatic N) is 1. The van der Waals surface area contributed by atoms with Crippen molar-refractivity contribution >= 4 is 60.9 Å². The zero-order valence-corrected chi connectivity index (χ0v) is 42.6. The number of aryl methyl sites for hydroxylation is 5. The van der Waals surface area contributed by atoms with E-state index < -0.39 is 0 Å². The monoisotopic (exact) mass is 919 g/mol. The number of hydrogen-bond donors (Lipinski definition) is 0. The largest absolute Gasteiger partial charge is 0.455 e. The lowest BCUT2D eigenvalue weighted by Gasteiger charge is -2.33. The van der Waals surface area contributed by atoms with Gasteiger partial charge >= 0.3 is 0 Å². The first kappa shape index (κ1) is 42.3. The summed E-state index contributed by atoms with van der Waals surface area (Å²) in [5, 5.41) is 4.77. The lowest BCUT2D eigenvalue weighted by molar-refractivity contribution is 0.600. The highest BCUT2D eigenvalue weighted by atomic mass is 16.3. The second-order valence-corrected chi connectivity index (χ2v) is 22.7. The molecule has 0 amide bonds. The smallest absolute Gasteiger partial charge is 0.144 e. The molecule has 0 bridgehead atoms. The molecule has 0 saturated heterocycles. The molecule has 0 saturated carbocycles. The van der Waals surface area contributed by atoms with Crippen LogP contribution in [0.15, 0.2) is 154 Å². The van der Waals surface area contributed by atoms with Gasteiger partial charge in [0.2, 0.25) is 0 Å². The molecular weight excluding hydrogens is 863 g/mol. The Morgan fingerprint density at radius 3 is 1.54 bits per heavy atom. The quantitative estimate of drug-likeness (QED) is 0.176. The molecule has 0 fully saturated rings. The molecule has 0 aliphatic heterocycles. The number of benzene rings is 9. The number of hydrogen-bond acceptors (Lipinski definition) is 3. The van der Waals surface area contributed by atoms with E-state index in [1.54, 1.807) is 0 Å². The van der Waals surface area contributed by atoms with E-state index in [2.05, 4.69) is 227 Å². The van der Waals surface area contributed by atoms with Gasteiger partial charge in [0.15, 0.2) is 0 Å². The van der Waals surface area contributed by atoms with Gasteiger partial charge in [-0.25, -0.2) is 0 Å². The summed E-state index contributed by atoms with van der Waals surface area (Å²) in [6.45, 7) is 25.8. The molecule has 0 radical (unpaired) electrons. The van der Waals surface area contributed by atoms with Crippen molar-refractivity contribution < 1.29 is 8.83 Å². The Bertz CT molecular complexity index is 4180. The summed E-state index contributed by atoms with van der Waals surface area (Å²) in [6, 6.07) is 54.7. The Morgan fingerprint density at radius 1 is 0.366 bits per heavy atom. The summed E-state index contributed by atoms with van der Waals surface area (Å²) < 4.78 is 14.0. The maximum atomic E-state index is 7.07. The van der Waals surface area contributed by atoms with E-state index >= 15 is 0 Å². The molecule has 0 N–H and O–H groups in total. The lowest BCUT2D eigenvalue weighted by atomic mass is 9.72. The van der Waals surface area contributed by atoms with Crippen LogP contribution in [0.5, 0.6) is 0 Å². The molecule has 71 heavy (non-hydrogen) atoms. The first-order valence-corrected chi connectivity index (χ1v) is 25.4. The molecule has 2 aromatic heterocycles. The zero-order chi connectivity index (χ0) is 48.8. The highest BCUT2D eigenvalue weighted by molar-refractivity contribution is 6.21.